The predicted octanol–water partition coefficient (Wildman–Crippen LogP) is 3.87. The maximum absolute atomic E-state index is 14.1. The van der Waals surface area contributed by atoms with Crippen LogP contribution < -0.4 is 0 Å². The molecule has 0 saturated carbocycles. The van der Waals surface area contributed by atoms with Gasteiger partial charge in [-0.3, -0.25) is 9.69 Å². The number of hydrogen-bond acceptors (Lipinski definition) is 2. The van der Waals surface area contributed by atoms with Crippen molar-refractivity contribution in [3.8, 4) is 0 Å². The van der Waals surface area contributed by atoms with Crippen molar-refractivity contribution in [3.05, 3.63) is 34.6 Å². The number of rotatable bonds is 4. The number of likely N-dealkylation sites (tertiary alicyclic amines) is 1. The van der Waals surface area contributed by atoms with Gasteiger partial charge in [-0.05, 0) is 38.1 Å². The molecule has 1 aromatic rings. The average molecular weight is 300 g/mol. The summed E-state index contributed by atoms with van der Waals surface area (Å²) >= 11 is 5.77. The Hall–Kier alpha value is -1.13. The SMILES string of the molecule is O=C(O)CC(c1ccc(Cl)cc1F)N1CCCCCC1. The highest BCUT2D eigenvalue weighted by atomic mass is 35.5. The van der Waals surface area contributed by atoms with E-state index in [0.29, 0.717) is 10.6 Å². The van der Waals surface area contributed by atoms with E-state index in [2.05, 4.69) is 4.90 Å². The fraction of sp³-hybridized carbons (Fsp3) is 0.533. The predicted molar refractivity (Wildman–Crippen MR) is 76.4 cm³/mol. The van der Waals surface area contributed by atoms with Gasteiger partial charge in [0.25, 0.3) is 0 Å². The zero-order valence-corrected chi connectivity index (χ0v) is 12.1. The minimum absolute atomic E-state index is 0.0848. The van der Waals surface area contributed by atoms with Crippen LogP contribution in [0.4, 0.5) is 4.39 Å². The van der Waals surface area contributed by atoms with E-state index >= 15 is 0 Å². The van der Waals surface area contributed by atoms with Crippen LogP contribution in [0.3, 0.4) is 0 Å². The standard InChI is InChI=1S/C15H19ClFNO2/c16-11-5-6-12(13(17)9-11)14(10-15(19)20)18-7-3-1-2-4-8-18/h5-6,9,14H,1-4,7-8,10H2,(H,19,20). The Morgan fingerprint density at radius 3 is 2.50 bits per heavy atom. The highest BCUT2D eigenvalue weighted by Crippen LogP contribution is 2.30. The molecule has 1 aromatic carbocycles. The van der Waals surface area contributed by atoms with Gasteiger partial charge in [0.2, 0.25) is 0 Å². The summed E-state index contributed by atoms with van der Waals surface area (Å²) in [4.78, 5) is 13.2. The number of halogens is 2. The van der Waals surface area contributed by atoms with E-state index < -0.39 is 17.8 Å². The molecule has 2 rings (SSSR count). The molecule has 0 spiro atoms. The third-order valence-corrected chi connectivity index (χ3v) is 4.01. The Kier molecular flexibility index (Phi) is 5.38. The summed E-state index contributed by atoms with van der Waals surface area (Å²) in [6, 6.07) is 4.06. The van der Waals surface area contributed by atoms with E-state index in [1.165, 1.54) is 6.07 Å². The third-order valence-electron chi connectivity index (χ3n) is 3.77. The van der Waals surface area contributed by atoms with Gasteiger partial charge >= 0.3 is 5.97 Å². The van der Waals surface area contributed by atoms with Crippen LogP contribution in [0.1, 0.15) is 43.7 Å². The van der Waals surface area contributed by atoms with E-state index in [1.807, 2.05) is 0 Å². The molecule has 1 atom stereocenters. The Morgan fingerprint density at radius 1 is 1.30 bits per heavy atom. The summed E-state index contributed by atoms with van der Waals surface area (Å²) in [6.07, 6.45) is 4.29. The second kappa shape index (κ2) is 7.04. The van der Waals surface area contributed by atoms with Gasteiger partial charge in [-0.15, -0.1) is 0 Å². The van der Waals surface area contributed by atoms with Crippen LogP contribution in [0.15, 0.2) is 18.2 Å². The van der Waals surface area contributed by atoms with Gasteiger partial charge in [-0.2, -0.15) is 0 Å². The molecule has 5 heteroatoms. The molecule has 0 aliphatic carbocycles. The second-order valence-electron chi connectivity index (χ2n) is 5.23. The Balaban J connectivity index is 2.27. The third kappa shape index (κ3) is 3.93. The number of aliphatic carboxylic acids is 1. The highest BCUT2D eigenvalue weighted by Gasteiger charge is 2.26. The van der Waals surface area contributed by atoms with Crippen LogP contribution >= 0.6 is 11.6 Å². The first kappa shape index (κ1) is 15.3. The van der Waals surface area contributed by atoms with E-state index in [9.17, 15) is 9.18 Å². The quantitative estimate of drug-likeness (QED) is 0.917. The van der Waals surface area contributed by atoms with Crippen LogP contribution in [-0.4, -0.2) is 29.1 Å². The van der Waals surface area contributed by atoms with E-state index in [4.69, 9.17) is 16.7 Å². The lowest BCUT2D eigenvalue weighted by molar-refractivity contribution is -0.138. The topological polar surface area (TPSA) is 40.5 Å². The van der Waals surface area contributed by atoms with Crippen molar-refractivity contribution in [1.29, 1.82) is 0 Å². The van der Waals surface area contributed by atoms with Crippen molar-refractivity contribution in [2.45, 2.75) is 38.1 Å². The molecular weight excluding hydrogens is 281 g/mol. The number of carboxylic acid groups (broad SMARTS) is 1. The summed E-state index contributed by atoms with van der Waals surface area (Å²) in [5, 5.41) is 9.45. The summed E-state index contributed by atoms with van der Waals surface area (Å²) in [5.74, 6) is -1.33. The zero-order valence-electron chi connectivity index (χ0n) is 11.3. The van der Waals surface area contributed by atoms with Crippen LogP contribution in [0, 0.1) is 5.82 Å². The number of hydrogen-bond donors (Lipinski definition) is 1. The summed E-state index contributed by atoms with van der Waals surface area (Å²) < 4.78 is 14.1. The van der Waals surface area contributed by atoms with Gasteiger partial charge in [-0.1, -0.05) is 30.5 Å². The van der Waals surface area contributed by atoms with E-state index in [1.54, 1.807) is 12.1 Å². The molecule has 1 unspecified atom stereocenters. The maximum atomic E-state index is 14.1. The number of benzene rings is 1. The number of carbonyl (C=O) groups is 1. The lowest BCUT2D eigenvalue weighted by atomic mass is 10.0. The van der Waals surface area contributed by atoms with Crippen molar-refractivity contribution in [3.63, 3.8) is 0 Å². The molecule has 20 heavy (non-hydrogen) atoms. The Bertz CT molecular complexity index is 473. The Labute approximate surface area is 123 Å². The summed E-state index contributed by atoms with van der Waals surface area (Å²) in [7, 11) is 0. The van der Waals surface area contributed by atoms with Gasteiger partial charge in [0.1, 0.15) is 5.82 Å². The van der Waals surface area contributed by atoms with Gasteiger partial charge in [0.05, 0.1) is 6.42 Å². The van der Waals surface area contributed by atoms with E-state index in [-0.39, 0.29) is 6.42 Å². The van der Waals surface area contributed by atoms with E-state index in [0.717, 1.165) is 38.8 Å². The fourth-order valence-corrected chi connectivity index (χ4v) is 2.94. The molecule has 3 nitrogen and oxygen atoms in total. The van der Waals surface area contributed by atoms with Crippen molar-refractivity contribution in [1.82, 2.24) is 4.90 Å². The van der Waals surface area contributed by atoms with Crippen molar-refractivity contribution < 1.29 is 14.3 Å². The molecule has 1 saturated heterocycles. The minimum atomic E-state index is -0.909. The second-order valence-corrected chi connectivity index (χ2v) is 5.67. The molecule has 1 fully saturated rings. The lowest BCUT2D eigenvalue weighted by Crippen LogP contribution is -2.32. The van der Waals surface area contributed by atoms with Gasteiger partial charge in [0.15, 0.2) is 0 Å². The first-order chi connectivity index (χ1) is 9.58. The number of carboxylic acids is 1. The molecule has 1 aliphatic heterocycles. The smallest absolute Gasteiger partial charge is 0.305 e. The van der Waals surface area contributed by atoms with Crippen LogP contribution in [0.2, 0.25) is 5.02 Å². The van der Waals surface area contributed by atoms with Gasteiger partial charge in [-0.25, -0.2) is 4.39 Å². The minimum Gasteiger partial charge on any atom is -0.481 e. The first-order valence-corrected chi connectivity index (χ1v) is 7.36. The normalized spacial score (nSPS) is 18.5. The van der Waals surface area contributed by atoms with Crippen LogP contribution in [-0.2, 0) is 4.79 Å². The molecule has 0 bridgehead atoms. The van der Waals surface area contributed by atoms with Gasteiger partial charge < -0.3 is 5.11 Å². The van der Waals surface area contributed by atoms with Crippen LogP contribution in [0.25, 0.3) is 0 Å². The molecular formula is C15H19ClFNO2. The molecule has 0 aromatic heterocycles. The van der Waals surface area contributed by atoms with Crippen molar-refractivity contribution >= 4 is 17.6 Å². The average Bonchev–Trinajstić information content (AvgIpc) is 2.65. The van der Waals surface area contributed by atoms with Gasteiger partial charge in [0, 0.05) is 16.6 Å². The fourth-order valence-electron chi connectivity index (χ4n) is 2.78. The lowest BCUT2D eigenvalue weighted by Gasteiger charge is -2.30. The highest BCUT2D eigenvalue weighted by molar-refractivity contribution is 6.30. The monoisotopic (exact) mass is 299 g/mol. The summed E-state index contributed by atoms with van der Waals surface area (Å²) in [5.41, 5.74) is 0.429. The molecule has 0 radical (unpaired) electrons. The zero-order chi connectivity index (χ0) is 14.5. The van der Waals surface area contributed by atoms with Crippen molar-refractivity contribution in [2.24, 2.45) is 0 Å². The number of nitrogens with zero attached hydrogens (tertiary/aromatic N) is 1. The molecule has 1 heterocycles. The maximum Gasteiger partial charge on any atom is 0.305 e. The van der Waals surface area contributed by atoms with Crippen molar-refractivity contribution in [2.75, 3.05) is 13.1 Å². The Morgan fingerprint density at radius 2 is 1.95 bits per heavy atom. The molecule has 1 N–H and O–H groups in total. The largest absolute Gasteiger partial charge is 0.481 e. The van der Waals surface area contributed by atoms with Crippen LogP contribution in [0.5, 0.6) is 0 Å². The molecule has 1 aliphatic rings. The summed E-state index contributed by atoms with van der Waals surface area (Å²) in [6.45, 7) is 1.64. The molecule has 110 valence electrons. The first-order valence-electron chi connectivity index (χ1n) is 6.98. The molecule has 0 amide bonds.